The van der Waals surface area contributed by atoms with Gasteiger partial charge in [-0.2, -0.15) is 0 Å². The van der Waals surface area contributed by atoms with Crippen molar-refractivity contribution in [2.24, 2.45) is 5.92 Å². The number of nitrogens with zero attached hydrogens (tertiary/aromatic N) is 2. The summed E-state index contributed by atoms with van der Waals surface area (Å²) in [6, 6.07) is 1.80. The van der Waals surface area contributed by atoms with Gasteiger partial charge in [-0.1, -0.05) is 6.92 Å². The number of carbonyl (C=O) groups is 2. The summed E-state index contributed by atoms with van der Waals surface area (Å²) in [6.07, 6.45) is 3.93. The SMILES string of the molecule is CCCn1cc(Br)cc1C(=O)N1CCC(C(=O)O)CC1C. The molecule has 2 heterocycles. The van der Waals surface area contributed by atoms with Gasteiger partial charge in [0, 0.05) is 29.8 Å². The Bertz CT molecular complexity index is 541. The van der Waals surface area contributed by atoms with E-state index in [0.29, 0.717) is 25.1 Å². The maximum absolute atomic E-state index is 12.7. The second kappa shape index (κ2) is 6.64. The van der Waals surface area contributed by atoms with Crippen molar-refractivity contribution in [3.8, 4) is 0 Å². The zero-order chi connectivity index (χ0) is 15.6. The monoisotopic (exact) mass is 356 g/mol. The highest BCUT2D eigenvalue weighted by atomic mass is 79.9. The van der Waals surface area contributed by atoms with Crippen molar-refractivity contribution < 1.29 is 14.7 Å². The van der Waals surface area contributed by atoms with E-state index >= 15 is 0 Å². The van der Waals surface area contributed by atoms with E-state index in [2.05, 4.69) is 22.9 Å². The van der Waals surface area contributed by atoms with E-state index in [0.717, 1.165) is 17.4 Å². The van der Waals surface area contributed by atoms with E-state index in [1.54, 1.807) is 4.90 Å². The molecule has 1 fully saturated rings. The summed E-state index contributed by atoms with van der Waals surface area (Å²) >= 11 is 3.42. The number of rotatable bonds is 4. The Morgan fingerprint density at radius 3 is 2.76 bits per heavy atom. The van der Waals surface area contributed by atoms with Crippen LogP contribution in [0, 0.1) is 5.92 Å². The molecule has 1 aromatic rings. The third-order valence-electron chi connectivity index (χ3n) is 4.03. The number of carboxylic acids is 1. The summed E-state index contributed by atoms with van der Waals surface area (Å²) in [5.74, 6) is -1.10. The molecule has 0 spiro atoms. The molecule has 2 rings (SSSR count). The van der Waals surface area contributed by atoms with Crippen LogP contribution in [0.15, 0.2) is 16.7 Å². The van der Waals surface area contributed by atoms with Gasteiger partial charge in [-0.25, -0.2) is 0 Å². The molecular formula is C15H21BrN2O3. The Balaban J connectivity index is 2.15. The van der Waals surface area contributed by atoms with Gasteiger partial charge >= 0.3 is 5.97 Å². The number of aliphatic carboxylic acids is 1. The van der Waals surface area contributed by atoms with Crippen molar-refractivity contribution in [2.45, 2.75) is 45.7 Å². The molecule has 1 saturated heterocycles. The van der Waals surface area contributed by atoms with Crippen LogP contribution < -0.4 is 0 Å². The molecule has 0 saturated carbocycles. The lowest BCUT2D eigenvalue weighted by Gasteiger charge is -2.36. The predicted molar refractivity (Wildman–Crippen MR) is 83.3 cm³/mol. The van der Waals surface area contributed by atoms with E-state index in [1.165, 1.54) is 0 Å². The molecule has 6 heteroatoms. The van der Waals surface area contributed by atoms with Gasteiger partial charge in [-0.15, -0.1) is 0 Å². The van der Waals surface area contributed by atoms with E-state index in [9.17, 15) is 9.59 Å². The molecule has 0 aliphatic carbocycles. The van der Waals surface area contributed by atoms with Crippen LogP contribution in [0.3, 0.4) is 0 Å². The minimum absolute atomic E-state index is 0.00881. The zero-order valence-electron chi connectivity index (χ0n) is 12.4. The summed E-state index contributed by atoms with van der Waals surface area (Å²) in [5.41, 5.74) is 0.671. The number of hydrogen-bond donors (Lipinski definition) is 1. The Kier molecular flexibility index (Phi) is 5.08. The number of carbonyl (C=O) groups excluding carboxylic acids is 1. The third kappa shape index (κ3) is 3.48. The van der Waals surface area contributed by atoms with Gasteiger partial charge < -0.3 is 14.6 Å². The van der Waals surface area contributed by atoms with Gasteiger partial charge in [-0.3, -0.25) is 9.59 Å². The van der Waals surface area contributed by atoms with Crippen molar-refractivity contribution in [1.29, 1.82) is 0 Å². The standard InChI is InChI=1S/C15H21BrN2O3/c1-3-5-17-9-12(16)8-13(17)14(19)18-6-4-11(15(20)21)7-10(18)2/h8-11H,3-7H2,1-2H3,(H,20,21). The highest BCUT2D eigenvalue weighted by Gasteiger charge is 2.33. The molecule has 21 heavy (non-hydrogen) atoms. The number of aryl methyl sites for hydroxylation is 1. The Morgan fingerprint density at radius 2 is 2.19 bits per heavy atom. The number of aromatic nitrogens is 1. The molecular weight excluding hydrogens is 336 g/mol. The lowest BCUT2D eigenvalue weighted by molar-refractivity contribution is -0.143. The number of hydrogen-bond acceptors (Lipinski definition) is 2. The van der Waals surface area contributed by atoms with Crippen LogP contribution in [0.25, 0.3) is 0 Å². The largest absolute Gasteiger partial charge is 0.481 e. The molecule has 0 radical (unpaired) electrons. The summed E-state index contributed by atoms with van der Waals surface area (Å²) < 4.78 is 2.86. The summed E-state index contributed by atoms with van der Waals surface area (Å²) in [7, 11) is 0. The Labute approximate surface area is 133 Å². The van der Waals surface area contributed by atoms with Gasteiger partial charge in [0.2, 0.25) is 0 Å². The number of amides is 1. The van der Waals surface area contributed by atoms with Crippen molar-refractivity contribution in [3.05, 3.63) is 22.4 Å². The highest BCUT2D eigenvalue weighted by Crippen LogP contribution is 2.26. The van der Waals surface area contributed by atoms with Gasteiger partial charge in [0.05, 0.1) is 5.92 Å². The van der Waals surface area contributed by atoms with Crippen LogP contribution >= 0.6 is 15.9 Å². The van der Waals surface area contributed by atoms with Crippen molar-refractivity contribution in [1.82, 2.24) is 9.47 Å². The average molecular weight is 357 g/mol. The first kappa shape index (κ1) is 16.1. The number of carboxylic acid groups (broad SMARTS) is 1. The normalized spacial score (nSPS) is 22.3. The molecule has 1 N–H and O–H groups in total. The fourth-order valence-corrected chi connectivity index (χ4v) is 3.39. The van der Waals surface area contributed by atoms with Crippen LogP contribution in [0.1, 0.15) is 43.6 Å². The zero-order valence-corrected chi connectivity index (χ0v) is 14.0. The van der Waals surface area contributed by atoms with E-state index in [4.69, 9.17) is 5.11 Å². The summed E-state index contributed by atoms with van der Waals surface area (Å²) in [6.45, 7) is 5.30. The van der Waals surface area contributed by atoms with Crippen LogP contribution in [0.5, 0.6) is 0 Å². The van der Waals surface area contributed by atoms with Gasteiger partial charge in [0.15, 0.2) is 0 Å². The minimum atomic E-state index is -0.758. The Morgan fingerprint density at radius 1 is 1.48 bits per heavy atom. The topological polar surface area (TPSA) is 62.5 Å². The fourth-order valence-electron chi connectivity index (χ4n) is 2.92. The lowest BCUT2D eigenvalue weighted by Crippen LogP contribution is -2.46. The molecule has 5 nitrogen and oxygen atoms in total. The molecule has 0 bridgehead atoms. The maximum Gasteiger partial charge on any atom is 0.306 e. The maximum atomic E-state index is 12.7. The smallest absolute Gasteiger partial charge is 0.306 e. The molecule has 1 amide bonds. The first-order valence-corrected chi connectivity index (χ1v) is 8.12. The molecule has 1 aliphatic rings. The first-order valence-electron chi connectivity index (χ1n) is 7.33. The van der Waals surface area contributed by atoms with Crippen LogP contribution in [-0.2, 0) is 11.3 Å². The van der Waals surface area contributed by atoms with Gasteiger partial charge in [0.25, 0.3) is 5.91 Å². The van der Waals surface area contributed by atoms with Crippen molar-refractivity contribution in [3.63, 3.8) is 0 Å². The quantitative estimate of drug-likeness (QED) is 0.901. The second-order valence-corrected chi connectivity index (χ2v) is 6.56. The molecule has 1 aliphatic heterocycles. The summed E-state index contributed by atoms with van der Waals surface area (Å²) in [4.78, 5) is 25.6. The number of piperidine rings is 1. The van der Waals surface area contributed by atoms with Crippen molar-refractivity contribution in [2.75, 3.05) is 6.54 Å². The van der Waals surface area contributed by atoms with E-state index in [1.807, 2.05) is 23.8 Å². The van der Waals surface area contributed by atoms with Gasteiger partial charge in [-0.05, 0) is 48.2 Å². The highest BCUT2D eigenvalue weighted by molar-refractivity contribution is 9.10. The fraction of sp³-hybridized carbons (Fsp3) is 0.600. The van der Waals surface area contributed by atoms with Crippen LogP contribution in [0.2, 0.25) is 0 Å². The number of halogens is 1. The van der Waals surface area contributed by atoms with Crippen LogP contribution in [0.4, 0.5) is 0 Å². The van der Waals surface area contributed by atoms with E-state index < -0.39 is 5.97 Å². The second-order valence-electron chi connectivity index (χ2n) is 5.64. The van der Waals surface area contributed by atoms with Gasteiger partial charge in [0.1, 0.15) is 5.69 Å². The first-order chi connectivity index (χ1) is 9.93. The molecule has 0 aromatic carbocycles. The van der Waals surface area contributed by atoms with Crippen LogP contribution in [-0.4, -0.2) is 39.0 Å². The molecule has 116 valence electrons. The Hall–Kier alpha value is -1.30. The molecule has 2 unspecified atom stereocenters. The van der Waals surface area contributed by atoms with E-state index in [-0.39, 0.29) is 17.9 Å². The number of likely N-dealkylation sites (tertiary alicyclic amines) is 1. The average Bonchev–Trinajstić information content (AvgIpc) is 2.79. The van der Waals surface area contributed by atoms with Crippen molar-refractivity contribution >= 4 is 27.8 Å². The molecule has 1 aromatic heterocycles. The lowest BCUT2D eigenvalue weighted by atomic mass is 9.91. The summed E-state index contributed by atoms with van der Waals surface area (Å²) in [5, 5.41) is 9.10. The predicted octanol–water partition coefficient (Wildman–Crippen LogP) is 2.99. The minimum Gasteiger partial charge on any atom is -0.481 e. The third-order valence-corrected chi connectivity index (χ3v) is 4.47. The molecule has 2 atom stereocenters.